The van der Waals surface area contributed by atoms with Gasteiger partial charge in [0, 0.05) is 5.56 Å². The number of aryl methyl sites for hydroxylation is 2. The summed E-state index contributed by atoms with van der Waals surface area (Å²) >= 11 is 0. The van der Waals surface area contributed by atoms with E-state index in [2.05, 4.69) is 4.99 Å². The fraction of sp³-hybridized carbons (Fsp3) is 0.545. The van der Waals surface area contributed by atoms with Crippen LogP contribution in [0.1, 0.15) is 30.9 Å². The standard InChI is InChI=1S/C11H15NO2/c1-7-5-8(2)14-9(7)10-12-11(3,4)6-13-10/h5H,6H2,1-4H3. The first-order chi connectivity index (χ1) is 6.48. The Labute approximate surface area is 83.8 Å². The van der Waals surface area contributed by atoms with Crippen LogP contribution in [0.3, 0.4) is 0 Å². The van der Waals surface area contributed by atoms with Crippen LogP contribution in [0.5, 0.6) is 0 Å². The van der Waals surface area contributed by atoms with Crippen molar-refractivity contribution in [1.82, 2.24) is 0 Å². The number of hydrogen-bond acceptors (Lipinski definition) is 3. The molecule has 0 saturated heterocycles. The summed E-state index contributed by atoms with van der Waals surface area (Å²) in [6.45, 7) is 8.65. The molecule has 0 bridgehead atoms. The molecule has 0 saturated carbocycles. The van der Waals surface area contributed by atoms with Gasteiger partial charge in [0.2, 0.25) is 0 Å². The van der Waals surface area contributed by atoms with Gasteiger partial charge in [-0.1, -0.05) is 0 Å². The molecule has 1 aliphatic rings. The summed E-state index contributed by atoms with van der Waals surface area (Å²) in [5.41, 5.74) is 0.960. The van der Waals surface area contributed by atoms with Crippen molar-refractivity contribution >= 4 is 5.90 Å². The molecule has 2 heterocycles. The van der Waals surface area contributed by atoms with Gasteiger partial charge >= 0.3 is 0 Å². The molecule has 0 atom stereocenters. The lowest BCUT2D eigenvalue weighted by Gasteiger charge is -2.07. The summed E-state index contributed by atoms with van der Waals surface area (Å²) in [5.74, 6) is 2.31. The molecule has 0 unspecified atom stereocenters. The second kappa shape index (κ2) is 2.87. The van der Waals surface area contributed by atoms with Crippen molar-refractivity contribution in [3.63, 3.8) is 0 Å². The molecule has 0 radical (unpaired) electrons. The number of nitrogens with zero attached hydrogens (tertiary/aromatic N) is 1. The molecule has 3 heteroatoms. The Hall–Kier alpha value is -1.25. The summed E-state index contributed by atoms with van der Waals surface area (Å²) < 4.78 is 11.0. The Morgan fingerprint density at radius 2 is 2.07 bits per heavy atom. The van der Waals surface area contributed by atoms with Crippen molar-refractivity contribution in [2.75, 3.05) is 6.61 Å². The Morgan fingerprint density at radius 3 is 2.50 bits per heavy atom. The molecule has 14 heavy (non-hydrogen) atoms. The lowest BCUT2D eigenvalue weighted by Crippen LogP contribution is -2.17. The number of aliphatic imine (C=N–C) groups is 1. The van der Waals surface area contributed by atoms with E-state index in [1.54, 1.807) is 0 Å². The van der Waals surface area contributed by atoms with E-state index in [9.17, 15) is 0 Å². The number of hydrogen-bond donors (Lipinski definition) is 0. The largest absolute Gasteiger partial charge is 0.473 e. The van der Waals surface area contributed by atoms with Gasteiger partial charge in [0.1, 0.15) is 12.4 Å². The van der Waals surface area contributed by atoms with Crippen LogP contribution in [-0.4, -0.2) is 18.0 Å². The second-order valence-corrected chi connectivity index (χ2v) is 4.39. The molecule has 0 N–H and O–H groups in total. The highest BCUT2D eigenvalue weighted by molar-refractivity contribution is 5.94. The van der Waals surface area contributed by atoms with Crippen LogP contribution in [0, 0.1) is 13.8 Å². The van der Waals surface area contributed by atoms with Crippen molar-refractivity contribution in [3.05, 3.63) is 23.2 Å². The van der Waals surface area contributed by atoms with Gasteiger partial charge in [-0.3, -0.25) is 0 Å². The van der Waals surface area contributed by atoms with E-state index in [4.69, 9.17) is 9.15 Å². The maximum absolute atomic E-state index is 5.54. The number of furan rings is 1. The smallest absolute Gasteiger partial charge is 0.254 e. The monoisotopic (exact) mass is 193 g/mol. The molecule has 1 aromatic rings. The van der Waals surface area contributed by atoms with Crippen LogP contribution >= 0.6 is 0 Å². The van der Waals surface area contributed by atoms with Crippen molar-refractivity contribution in [2.45, 2.75) is 33.2 Å². The normalized spacial score (nSPS) is 19.3. The van der Waals surface area contributed by atoms with Crippen LogP contribution < -0.4 is 0 Å². The Bertz CT molecular complexity index is 388. The van der Waals surface area contributed by atoms with Gasteiger partial charge in [-0.05, 0) is 33.8 Å². The first-order valence-electron chi connectivity index (χ1n) is 4.78. The first kappa shape index (κ1) is 9.31. The van der Waals surface area contributed by atoms with Gasteiger partial charge < -0.3 is 9.15 Å². The highest BCUT2D eigenvalue weighted by Gasteiger charge is 2.29. The second-order valence-electron chi connectivity index (χ2n) is 4.39. The molecule has 0 amide bonds. The minimum atomic E-state index is -0.123. The maximum Gasteiger partial charge on any atom is 0.254 e. The van der Waals surface area contributed by atoms with Crippen LogP contribution in [0.4, 0.5) is 0 Å². The molecule has 0 fully saturated rings. The maximum atomic E-state index is 5.54. The van der Waals surface area contributed by atoms with E-state index in [1.165, 1.54) is 0 Å². The Balaban J connectivity index is 2.38. The third-order valence-corrected chi connectivity index (χ3v) is 2.20. The third kappa shape index (κ3) is 1.54. The van der Waals surface area contributed by atoms with Crippen molar-refractivity contribution < 1.29 is 9.15 Å². The van der Waals surface area contributed by atoms with Gasteiger partial charge in [-0.2, -0.15) is 0 Å². The lowest BCUT2D eigenvalue weighted by molar-refractivity contribution is 0.275. The van der Waals surface area contributed by atoms with E-state index >= 15 is 0 Å². The van der Waals surface area contributed by atoms with Crippen molar-refractivity contribution in [3.8, 4) is 0 Å². The number of ether oxygens (including phenoxy) is 1. The first-order valence-corrected chi connectivity index (χ1v) is 4.78. The Morgan fingerprint density at radius 1 is 1.36 bits per heavy atom. The molecule has 1 aliphatic heterocycles. The molecule has 1 aromatic heterocycles. The number of rotatable bonds is 1. The Kier molecular flexibility index (Phi) is 1.91. The molecule has 0 spiro atoms. The van der Waals surface area contributed by atoms with Crippen LogP contribution in [0.15, 0.2) is 15.5 Å². The van der Waals surface area contributed by atoms with Gasteiger partial charge in [-0.15, -0.1) is 0 Å². The van der Waals surface area contributed by atoms with Crippen LogP contribution in [0.2, 0.25) is 0 Å². The average molecular weight is 193 g/mol. The molecule has 0 aromatic carbocycles. The summed E-state index contributed by atoms with van der Waals surface area (Å²) in [7, 11) is 0. The molecule has 3 nitrogen and oxygen atoms in total. The zero-order valence-corrected chi connectivity index (χ0v) is 9.05. The van der Waals surface area contributed by atoms with E-state index in [0.29, 0.717) is 12.5 Å². The van der Waals surface area contributed by atoms with Gasteiger partial charge in [0.05, 0.1) is 5.54 Å². The molecular weight excluding hydrogens is 178 g/mol. The fourth-order valence-corrected chi connectivity index (χ4v) is 1.55. The van der Waals surface area contributed by atoms with Crippen molar-refractivity contribution in [2.24, 2.45) is 4.99 Å². The third-order valence-electron chi connectivity index (χ3n) is 2.20. The molecular formula is C11H15NO2. The minimum Gasteiger partial charge on any atom is -0.473 e. The quantitative estimate of drug-likeness (QED) is 0.686. The van der Waals surface area contributed by atoms with Gasteiger partial charge in [0.25, 0.3) is 5.90 Å². The van der Waals surface area contributed by atoms with E-state index in [-0.39, 0.29) is 5.54 Å². The summed E-state index contributed by atoms with van der Waals surface area (Å²) in [4.78, 5) is 4.47. The summed E-state index contributed by atoms with van der Waals surface area (Å²) in [6.07, 6.45) is 0. The zero-order chi connectivity index (χ0) is 10.3. The predicted molar refractivity (Wildman–Crippen MR) is 54.8 cm³/mol. The van der Waals surface area contributed by atoms with E-state index < -0.39 is 0 Å². The summed E-state index contributed by atoms with van der Waals surface area (Å²) in [6, 6.07) is 1.99. The molecule has 0 aliphatic carbocycles. The van der Waals surface area contributed by atoms with Gasteiger partial charge in [-0.25, -0.2) is 4.99 Å². The van der Waals surface area contributed by atoms with Crippen molar-refractivity contribution in [1.29, 1.82) is 0 Å². The highest BCUT2D eigenvalue weighted by atomic mass is 16.5. The van der Waals surface area contributed by atoms with Crippen LogP contribution in [-0.2, 0) is 4.74 Å². The highest BCUT2D eigenvalue weighted by Crippen LogP contribution is 2.23. The minimum absolute atomic E-state index is 0.123. The van der Waals surface area contributed by atoms with Crippen LogP contribution in [0.25, 0.3) is 0 Å². The SMILES string of the molecule is Cc1cc(C)c(C2=NC(C)(C)CO2)o1. The lowest BCUT2D eigenvalue weighted by atomic mass is 10.1. The van der Waals surface area contributed by atoms with E-state index in [1.807, 2.05) is 33.8 Å². The topological polar surface area (TPSA) is 34.7 Å². The van der Waals surface area contributed by atoms with Gasteiger partial charge in [0.15, 0.2) is 5.76 Å². The average Bonchev–Trinajstić information content (AvgIpc) is 2.55. The predicted octanol–water partition coefficient (Wildman–Crippen LogP) is 2.45. The zero-order valence-electron chi connectivity index (χ0n) is 9.05. The fourth-order valence-electron chi connectivity index (χ4n) is 1.55. The molecule has 2 rings (SSSR count). The molecule has 76 valence electrons. The summed E-state index contributed by atoms with van der Waals surface area (Å²) in [5, 5.41) is 0. The van der Waals surface area contributed by atoms with E-state index in [0.717, 1.165) is 17.1 Å².